The molecule has 0 aliphatic heterocycles. The zero-order valence-electron chi connectivity index (χ0n) is 8.53. The van der Waals surface area contributed by atoms with Gasteiger partial charge in [0.15, 0.2) is 0 Å². The maximum atomic E-state index is 5.60. The predicted molar refractivity (Wildman–Crippen MR) is 62.2 cm³/mol. The summed E-state index contributed by atoms with van der Waals surface area (Å²) in [4.78, 5) is 8.42. The Morgan fingerprint density at radius 1 is 1.43 bits per heavy atom. The fraction of sp³-hybridized carbons (Fsp3) is 0.600. The number of alkyl halides is 1. The summed E-state index contributed by atoms with van der Waals surface area (Å²) in [6.45, 7) is 4.27. The van der Waals surface area contributed by atoms with Crippen molar-refractivity contribution in [3.05, 3.63) is 18.1 Å². The third-order valence-corrected chi connectivity index (χ3v) is 3.06. The van der Waals surface area contributed by atoms with E-state index in [2.05, 4.69) is 29.9 Å². The molecule has 0 saturated carbocycles. The average Bonchev–Trinajstić information content (AvgIpc) is 2.19. The van der Waals surface area contributed by atoms with E-state index >= 15 is 0 Å². The van der Waals surface area contributed by atoms with Crippen LogP contribution < -0.4 is 0 Å². The van der Waals surface area contributed by atoms with E-state index in [4.69, 9.17) is 11.6 Å². The van der Waals surface area contributed by atoms with Crippen LogP contribution in [0.15, 0.2) is 17.4 Å². The van der Waals surface area contributed by atoms with Crippen LogP contribution in [-0.4, -0.2) is 21.6 Å². The highest BCUT2D eigenvalue weighted by molar-refractivity contribution is 7.99. The van der Waals surface area contributed by atoms with Gasteiger partial charge in [-0.3, -0.25) is 0 Å². The summed E-state index contributed by atoms with van der Waals surface area (Å²) in [7, 11) is 0. The number of thioether (sulfide) groups is 1. The van der Waals surface area contributed by atoms with Gasteiger partial charge >= 0.3 is 0 Å². The lowest BCUT2D eigenvalue weighted by Crippen LogP contribution is -1.94. The van der Waals surface area contributed by atoms with Gasteiger partial charge in [-0.15, -0.1) is 23.4 Å². The van der Waals surface area contributed by atoms with E-state index in [0.29, 0.717) is 5.92 Å². The van der Waals surface area contributed by atoms with Crippen molar-refractivity contribution in [3.8, 4) is 0 Å². The minimum Gasteiger partial charge on any atom is -0.241 e. The standard InChI is InChI=1S/C10H15ClN2S/c1-8(2)9-6-10(13-7-12-9)14-5-3-4-11/h6-8H,3-5H2,1-2H3. The predicted octanol–water partition coefficient (Wildman–Crippen LogP) is 3.32. The van der Waals surface area contributed by atoms with Crippen LogP contribution in [0.25, 0.3) is 0 Å². The van der Waals surface area contributed by atoms with Crippen molar-refractivity contribution in [1.82, 2.24) is 9.97 Å². The van der Waals surface area contributed by atoms with Crippen molar-refractivity contribution >= 4 is 23.4 Å². The molecule has 1 rings (SSSR count). The second-order valence-electron chi connectivity index (χ2n) is 3.33. The van der Waals surface area contributed by atoms with E-state index in [0.717, 1.165) is 28.8 Å². The van der Waals surface area contributed by atoms with Gasteiger partial charge in [0.1, 0.15) is 6.33 Å². The SMILES string of the molecule is CC(C)c1cc(SCCCCl)ncn1. The molecule has 0 aromatic carbocycles. The number of aromatic nitrogens is 2. The van der Waals surface area contributed by atoms with Crippen molar-refractivity contribution < 1.29 is 0 Å². The lowest BCUT2D eigenvalue weighted by atomic mass is 10.1. The first-order valence-electron chi connectivity index (χ1n) is 4.74. The van der Waals surface area contributed by atoms with E-state index in [1.165, 1.54) is 0 Å². The molecule has 1 heterocycles. The molecule has 0 bridgehead atoms. The van der Waals surface area contributed by atoms with E-state index in [1.807, 2.05) is 0 Å². The highest BCUT2D eigenvalue weighted by atomic mass is 35.5. The molecular weight excluding hydrogens is 216 g/mol. The Labute approximate surface area is 94.5 Å². The van der Waals surface area contributed by atoms with Crippen LogP contribution in [0.1, 0.15) is 31.9 Å². The Morgan fingerprint density at radius 3 is 2.86 bits per heavy atom. The van der Waals surface area contributed by atoms with Gasteiger partial charge in [0.2, 0.25) is 0 Å². The molecular formula is C10H15ClN2S. The van der Waals surface area contributed by atoms with Gasteiger partial charge in [-0.25, -0.2) is 9.97 Å². The Morgan fingerprint density at radius 2 is 2.21 bits per heavy atom. The Balaban J connectivity index is 2.55. The van der Waals surface area contributed by atoms with Gasteiger partial charge in [0.25, 0.3) is 0 Å². The smallest absolute Gasteiger partial charge is 0.116 e. The van der Waals surface area contributed by atoms with Crippen molar-refractivity contribution in [2.45, 2.75) is 31.2 Å². The second-order valence-corrected chi connectivity index (χ2v) is 4.82. The van der Waals surface area contributed by atoms with Crippen LogP contribution in [0.5, 0.6) is 0 Å². The van der Waals surface area contributed by atoms with Crippen LogP contribution in [0.4, 0.5) is 0 Å². The first-order valence-corrected chi connectivity index (χ1v) is 6.26. The number of nitrogens with zero attached hydrogens (tertiary/aromatic N) is 2. The van der Waals surface area contributed by atoms with Gasteiger partial charge in [-0.1, -0.05) is 13.8 Å². The summed E-state index contributed by atoms with van der Waals surface area (Å²) in [5.74, 6) is 2.21. The molecule has 0 unspecified atom stereocenters. The van der Waals surface area contributed by atoms with E-state index in [9.17, 15) is 0 Å². The molecule has 0 spiro atoms. The van der Waals surface area contributed by atoms with Crippen LogP contribution in [0.3, 0.4) is 0 Å². The van der Waals surface area contributed by atoms with Gasteiger partial charge in [0, 0.05) is 17.3 Å². The molecule has 0 radical (unpaired) electrons. The molecule has 0 aliphatic rings. The molecule has 78 valence electrons. The molecule has 0 N–H and O–H groups in total. The van der Waals surface area contributed by atoms with Crippen molar-refractivity contribution in [3.63, 3.8) is 0 Å². The summed E-state index contributed by atoms with van der Waals surface area (Å²) in [6.07, 6.45) is 2.66. The quantitative estimate of drug-likeness (QED) is 0.336. The fourth-order valence-corrected chi connectivity index (χ4v) is 2.10. The molecule has 0 aliphatic carbocycles. The largest absolute Gasteiger partial charge is 0.241 e. The van der Waals surface area contributed by atoms with Crippen molar-refractivity contribution in [2.75, 3.05) is 11.6 Å². The Kier molecular flexibility index (Phi) is 5.26. The van der Waals surface area contributed by atoms with Crippen LogP contribution >= 0.6 is 23.4 Å². The number of hydrogen-bond donors (Lipinski definition) is 0. The van der Waals surface area contributed by atoms with Gasteiger partial charge in [-0.2, -0.15) is 0 Å². The highest BCUT2D eigenvalue weighted by Gasteiger charge is 2.02. The minimum atomic E-state index is 0.463. The topological polar surface area (TPSA) is 25.8 Å². The zero-order chi connectivity index (χ0) is 10.4. The van der Waals surface area contributed by atoms with E-state index < -0.39 is 0 Å². The lowest BCUT2D eigenvalue weighted by Gasteiger charge is -2.05. The van der Waals surface area contributed by atoms with Gasteiger partial charge in [-0.05, 0) is 18.4 Å². The normalized spacial score (nSPS) is 10.9. The van der Waals surface area contributed by atoms with Gasteiger partial charge < -0.3 is 0 Å². The zero-order valence-corrected chi connectivity index (χ0v) is 10.1. The summed E-state index contributed by atoms with van der Waals surface area (Å²) < 4.78 is 0. The first kappa shape index (κ1) is 11.8. The summed E-state index contributed by atoms with van der Waals surface area (Å²) >= 11 is 7.34. The molecule has 0 atom stereocenters. The molecule has 1 aromatic rings. The molecule has 0 saturated heterocycles. The average molecular weight is 231 g/mol. The summed E-state index contributed by atoms with van der Waals surface area (Å²) in [6, 6.07) is 2.06. The fourth-order valence-electron chi connectivity index (χ4n) is 0.979. The highest BCUT2D eigenvalue weighted by Crippen LogP contribution is 2.19. The molecule has 1 aromatic heterocycles. The molecule has 2 nitrogen and oxygen atoms in total. The van der Waals surface area contributed by atoms with E-state index in [1.54, 1.807) is 18.1 Å². The van der Waals surface area contributed by atoms with Crippen LogP contribution in [0, 0.1) is 0 Å². The third-order valence-electron chi connectivity index (χ3n) is 1.78. The first-order chi connectivity index (χ1) is 6.74. The maximum absolute atomic E-state index is 5.60. The lowest BCUT2D eigenvalue weighted by molar-refractivity contribution is 0.799. The van der Waals surface area contributed by atoms with Crippen LogP contribution in [0.2, 0.25) is 0 Å². The number of halogens is 1. The Hall–Kier alpha value is -0.280. The van der Waals surface area contributed by atoms with Crippen LogP contribution in [-0.2, 0) is 0 Å². The number of hydrogen-bond acceptors (Lipinski definition) is 3. The molecule has 0 fully saturated rings. The van der Waals surface area contributed by atoms with E-state index in [-0.39, 0.29) is 0 Å². The van der Waals surface area contributed by atoms with Gasteiger partial charge in [0.05, 0.1) is 5.03 Å². The Bertz CT molecular complexity index is 279. The molecule has 4 heteroatoms. The minimum absolute atomic E-state index is 0.463. The summed E-state index contributed by atoms with van der Waals surface area (Å²) in [5, 5.41) is 1.05. The molecule has 14 heavy (non-hydrogen) atoms. The number of rotatable bonds is 5. The molecule has 0 amide bonds. The second kappa shape index (κ2) is 6.25. The van der Waals surface area contributed by atoms with Crippen molar-refractivity contribution in [1.29, 1.82) is 0 Å². The summed E-state index contributed by atoms with van der Waals surface area (Å²) in [5.41, 5.74) is 1.10. The van der Waals surface area contributed by atoms with Crippen molar-refractivity contribution in [2.24, 2.45) is 0 Å². The third kappa shape index (κ3) is 3.84. The monoisotopic (exact) mass is 230 g/mol. The maximum Gasteiger partial charge on any atom is 0.116 e.